The number of carbonyl (C=O) groups is 2. The number of nitrogens with zero attached hydrogens (tertiary/aromatic N) is 1. The van der Waals surface area contributed by atoms with Crippen LogP contribution in [0.1, 0.15) is 30.1 Å². The Kier molecular flexibility index (Phi) is 6.08. The van der Waals surface area contributed by atoms with Crippen molar-refractivity contribution in [2.24, 2.45) is 0 Å². The van der Waals surface area contributed by atoms with E-state index in [9.17, 15) is 23.5 Å². The first kappa shape index (κ1) is 18.1. The smallest absolute Gasteiger partial charge is 0.337 e. The largest absolute Gasteiger partial charge is 0.478 e. The fourth-order valence-electron chi connectivity index (χ4n) is 2.63. The maximum atomic E-state index is 12.1. The minimum absolute atomic E-state index is 0.0518. The van der Waals surface area contributed by atoms with Gasteiger partial charge in [-0.25, -0.2) is 13.6 Å². The first-order valence-corrected chi connectivity index (χ1v) is 7.80. The van der Waals surface area contributed by atoms with E-state index in [-0.39, 0.29) is 17.7 Å². The molecule has 8 heteroatoms. The lowest BCUT2D eigenvalue weighted by Gasteiger charge is -2.34. The van der Waals surface area contributed by atoms with Gasteiger partial charge in [0.15, 0.2) is 0 Å². The summed E-state index contributed by atoms with van der Waals surface area (Å²) in [6, 6.07) is 5.03. The van der Waals surface area contributed by atoms with Gasteiger partial charge in [0.2, 0.25) is 12.3 Å². The second-order valence-corrected chi connectivity index (χ2v) is 5.81. The molecule has 0 spiro atoms. The second-order valence-electron chi connectivity index (χ2n) is 5.81. The minimum Gasteiger partial charge on any atom is -0.478 e. The number of carbonyl (C=O) groups excluding carboxylic acids is 1. The lowest BCUT2D eigenvalue weighted by atomic mass is 10.1. The van der Waals surface area contributed by atoms with Crippen molar-refractivity contribution in [1.29, 1.82) is 0 Å². The molecular formula is C16H21F2N3O3. The van der Waals surface area contributed by atoms with E-state index in [2.05, 4.69) is 15.5 Å². The maximum Gasteiger partial charge on any atom is 0.337 e. The topological polar surface area (TPSA) is 81.7 Å². The van der Waals surface area contributed by atoms with Crippen LogP contribution in [0, 0.1) is 0 Å². The Morgan fingerprint density at radius 3 is 2.83 bits per heavy atom. The molecule has 1 aromatic rings. The molecular weight excluding hydrogens is 320 g/mol. The van der Waals surface area contributed by atoms with Crippen molar-refractivity contribution in [3.8, 4) is 0 Å². The van der Waals surface area contributed by atoms with Crippen LogP contribution in [-0.4, -0.2) is 49.1 Å². The molecule has 0 radical (unpaired) electrons. The Labute approximate surface area is 138 Å². The monoisotopic (exact) mass is 341 g/mol. The van der Waals surface area contributed by atoms with E-state index in [0.717, 1.165) is 25.3 Å². The van der Waals surface area contributed by atoms with Crippen molar-refractivity contribution in [3.63, 3.8) is 0 Å². The molecule has 1 fully saturated rings. The van der Waals surface area contributed by atoms with Gasteiger partial charge in [-0.15, -0.1) is 0 Å². The Balaban J connectivity index is 2.14. The number of rotatable bonds is 6. The normalized spacial score (nSPS) is 17.8. The summed E-state index contributed by atoms with van der Waals surface area (Å²) < 4.78 is 24.3. The molecule has 0 saturated carbocycles. The van der Waals surface area contributed by atoms with Gasteiger partial charge in [-0.3, -0.25) is 4.79 Å². The molecule has 1 heterocycles. The third-order valence-corrected chi connectivity index (χ3v) is 3.83. The van der Waals surface area contributed by atoms with Crippen molar-refractivity contribution in [2.75, 3.05) is 29.9 Å². The molecule has 1 amide bonds. The average Bonchev–Trinajstić information content (AvgIpc) is 2.53. The molecule has 0 aromatic heterocycles. The van der Waals surface area contributed by atoms with E-state index in [1.807, 2.05) is 6.92 Å². The highest BCUT2D eigenvalue weighted by Crippen LogP contribution is 2.25. The predicted octanol–water partition coefficient (Wildman–Crippen LogP) is 2.17. The second kappa shape index (κ2) is 8.05. The van der Waals surface area contributed by atoms with Crippen molar-refractivity contribution >= 4 is 23.3 Å². The number of hydrogen-bond acceptors (Lipinski definition) is 4. The molecule has 6 nitrogen and oxygen atoms in total. The zero-order valence-electron chi connectivity index (χ0n) is 13.4. The van der Waals surface area contributed by atoms with Crippen LogP contribution >= 0.6 is 0 Å². The van der Waals surface area contributed by atoms with Crippen LogP contribution in [-0.2, 0) is 4.79 Å². The van der Waals surface area contributed by atoms with Crippen LogP contribution in [0.15, 0.2) is 18.2 Å². The molecule has 0 aliphatic carbocycles. The first-order valence-electron chi connectivity index (χ1n) is 7.80. The molecule has 3 N–H and O–H groups in total. The van der Waals surface area contributed by atoms with Crippen molar-refractivity contribution < 1.29 is 23.5 Å². The van der Waals surface area contributed by atoms with Gasteiger partial charge in [0, 0.05) is 44.2 Å². The molecule has 1 aliphatic rings. The van der Waals surface area contributed by atoms with Crippen LogP contribution in [0.2, 0.25) is 0 Å². The van der Waals surface area contributed by atoms with Crippen molar-refractivity contribution in [1.82, 2.24) is 5.32 Å². The number of hydrogen-bond donors (Lipinski definition) is 3. The molecule has 0 bridgehead atoms. The lowest BCUT2D eigenvalue weighted by molar-refractivity contribution is -0.116. The quantitative estimate of drug-likeness (QED) is 0.739. The van der Waals surface area contributed by atoms with Crippen molar-refractivity contribution in [2.45, 2.75) is 32.2 Å². The van der Waals surface area contributed by atoms with Crippen LogP contribution < -0.4 is 15.5 Å². The molecule has 1 aromatic carbocycles. The fourth-order valence-corrected chi connectivity index (χ4v) is 2.63. The summed E-state index contributed by atoms with van der Waals surface area (Å²) in [5.41, 5.74) is 0.823. The molecule has 24 heavy (non-hydrogen) atoms. The van der Waals surface area contributed by atoms with Gasteiger partial charge in [0.05, 0.1) is 11.3 Å². The van der Waals surface area contributed by atoms with E-state index in [0.29, 0.717) is 6.04 Å². The molecule has 1 atom stereocenters. The van der Waals surface area contributed by atoms with E-state index < -0.39 is 24.7 Å². The van der Waals surface area contributed by atoms with Gasteiger partial charge in [0.1, 0.15) is 0 Å². The Morgan fingerprint density at radius 1 is 1.46 bits per heavy atom. The zero-order chi connectivity index (χ0) is 17.7. The number of anilines is 2. The van der Waals surface area contributed by atoms with Gasteiger partial charge < -0.3 is 20.6 Å². The van der Waals surface area contributed by atoms with Gasteiger partial charge in [0.25, 0.3) is 0 Å². The van der Waals surface area contributed by atoms with Gasteiger partial charge in [-0.2, -0.15) is 0 Å². The van der Waals surface area contributed by atoms with Crippen molar-refractivity contribution in [3.05, 3.63) is 23.8 Å². The van der Waals surface area contributed by atoms with Crippen LogP contribution in [0.3, 0.4) is 0 Å². The number of nitrogens with one attached hydrogen (secondary N) is 2. The molecule has 0 unspecified atom stereocenters. The number of amides is 1. The molecule has 132 valence electrons. The average molecular weight is 341 g/mol. The van der Waals surface area contributed by atoms with E-state index in [1.165, 1.54) is 12.1 Å². The third kappa shape index (κ3) is 4.89. The Morgan fingerprint density at radius 2 is 2.21 bits per heavy atom. The summed E-state index contributed by atoms with van der Waals surface area (Å²) in [6.45, 7) is 4.35. The summed E-state index contributed by atoms with van der Waals surface area (Å²) in [7, 11) is 0. The maximum absolute atomic E-state index is 12.1. The highest BCUT2D eigenvalue weighted by molar-refractivity contribution is 6.01. The predicted molar refractivity (Wildman–Crippen MR) is 86.9 cm³/mol. The molecule has 1 aliphatic heterocycles. The Hall–Kier alpha value is -2.22. The number of halogens is 2. The van der Waals surface area contributed by atoms with Crippen LogP contribution in [0.4, 0.5) is 20.2 Å². The summed E-state index contributed by atoms with van der Waals surface area (Å²) in [5, 5.41) is 15.1. The summed E-state index contributed by atoms with van der Waals surface area (Å²) in [4.78, 5) is 25.2. The lowest BCUT2D eigenvalue weighted by Crippen LogP contribution is -2.49. The van der Waals surface area contributed by atoms with Crippen LogP contribution in [0.25, 0.3) is 0 Å². The van der Waals surface area contributed by atoms with E-state index in [4.69, 9.17) is 0 Å². The van der Waals surface area contributed by atoms with Gasteiger partial charge in [-0.1, -0.05) is 0 Å². The minimum atomic E-state index is -2.56. The number of carboxylic acid groups (broad SMARTS) is 1. The highest BCUT2D eigenvalue weighted by Gasteiger charge is 2.19. The number of carboxylic acids is 1. The Bertz CT molecular complexity index is 610. The SMILES string of the molecule is C[C@H]1CN(c2ccc(NC(=O)CCC(F)F)c(C(=O)O)c2)CCN1. The van der Waals surface area contributed by atoms with Crippen LogP contribution in [0.5, 0.6) is 0 Å². The van der Waals surface area contributed by atoms with E-state index >= 15 is 0 Å². The summed E-state index contributed by atoms with van der Waals surface area (Å²) in [6.07, 6.45) is -3.47. The highest BCUT2D eigenvalue weighted by atomic mass is 19.3. The summed E-state index contributed by atoms with van der Waals surface area (Å²) >= 11 is 0. The first-order chi connectivity index (χ1) is 11.4. The number of alkyl halides is 2. The fraction of sp³-hybridized carbons (Fsp3) is 0.500. The standard InChI is InChI=1S/C16H21F2N3O3/c1-10-9-21(7-6-19-10)11-2-3-13(12(8-11)16(23)24)20-15(22)5-4-14(17)18/h2-3,8,10,14,19H,4-7,9H2,1H3,(H,20,22)(H,23,24)/t10-/m0/s1. The number of benzene rings is 1. The summed E-state index contributed by atoms with van der Waals surface area (Å²) in [5.74, 6) is -1.80. The molecule has 1 saturated heterocycles. The molecule has 2 rings (SSSR count). The van der Waals surface area contributed by atoms with Gasteiger partial charge >= 0.3 is 5.97 Å². The number of piperazine rings is 1. The van der Waals surface area contributed by atoms with Gasteiger partial charge in [-0.05, 0) is 25.1 Å². The third-order valence-electron chi connectivity index (χ3n) is 3.83. The zero-order valence-corrected chi connectivity index (χ0v) is 13.4. The van der Waals surface area contributed by atoms with E-state index in [1.54, 1.807) is 6.07 Å². The number of aromatic carboxylic acids is 1.